The molecule has 244 valence electrons. The van der Waals surface area contributed by atoms with Gasteiger partial charge in [0, 0.05) is 42.7 Å². The second kappa shape index (κ2) is 15.8. The number of carboxylic acids is 1. The van der Waals surface area contributed by atoms with Gasteiger partial charge in [-0.1, -0.05) is 19.4 Å². The lowest BCUT2D eigenvalue weighted by Crippen LogP contribution is -2.53. The molecule has 4 rings (SSSR count). The molecule has 0 aliphatic carbocycles. The molecule has 0 spiro atoms. The maximum atomic E-state index is 14.6. The molecule has 0 bridgehead atoms. The number of unbranched alkanes of at least 4 members (excludes halogenated alkanes) is 1. The Balaban J connectivity index is 1.35. The number of rotatable bonds is 15. The Morgan fingerprint density at radius 2 is 1.61 bits per heavy atom. The molecule has 2 aliphatic heterocycles. The number of halogens is 1. The van der Waals surface area contributed by atoms with Crippen molar-refractivity contribution in [2.75, 3.05) is 19.6 Å². The van der Waals surface area contributed by atoms with Crippen molar-refractivity contribution in [1.29, 1.82) is 0 Å². The number of hydrogen-bond donors (Lipinski definition) is 7. The van der Waals surface area contributed by atoms with Crippen molar-refractivity contribution in [1.82, 2.24) is 21.3 Å². The van der Waals surface area contributed by atoms with Crippen molar-refractivity contribution >= 4 is 54.8 Å². The van der Waals surface area contributed by atoms with Crippen molar-refractivity contribution in [3.63, 3.8) is 0 Å². The van der Waals surface area contributed by atoms with Gasteiger partial charge in [0.1, 0.15) is 11.9 Å². The molecule has 0 saturated carbocycles. The Morgan fingerprint density at radius 3 is 2.37 bits per heavy atom. The number of aliphatic carboxylic acids is 1. The van der Waals surface area contributed by atoms with Crippen molar-refractivity contribution in [3.8, 4) is 0 Å². The largest absolute Gasteiger partial charge is 0.491 e. The average molecular weight is 640 g/mol. The van der Waals surface area contributed by atoms with Crippen molar-refractivity contribution in [2.24, 2.45) is 5.92 Å². The van der Waals surface area contributed by atoms with Gasteiger partial charge in [0.2, 0.25) is 11.8 Å². The molecule has 0 aromatic heterocycles. The standard InChI is InChI=1S/C29H35B2FN4O10/c1-16(29(41)42)4-2-3-8-33-25(37)7-9-34-28(40)24(13-35-26(38)17-5-6-18-14-45-30(43)21(18)10-17)36-27(39)19-11-22-20(23(32)12-19)15-46-31(22)44/h5-6,10-12,16,24,43-44H,2-4,7-9,13-15H2,1H3,(H,33,37)(H,34,40)(H,35,38)(H,36,39)(H,41,42)/t16-,24-/m0/s1. The Hall–Kier alpha value is -4.31. The summed E-state index contributed by atoms with van der Waals surface area (Å²) in [6, 6.07) is 5.47. The van der Waals surface area contributed by atoms with Crippen LogP contribution in [0.2, 0.25) is 0 Å². The van der Waals surface area contributed by atoms with Crippen molar-refractivity contribution in [3.05, 3.63) is 58.4 Å². The predicted molar refractivity (Wildman–Crippen MR) is 163 cm³/mol. The zero-order valence-corrected chi connectivity index (χ0v) is 25.1. The molecule has 2 aliphatic rings. The minimum atomic E-state index is -1.41. The Labute approximate surface area is 264 Å². The molecule has 0 unspecified atom stereocenters. The summed E-state index contributed by atoms with van der Waals surface area (Å²) >= 11 is 0. The number of fused-ring (bicyclic) bond motifs is 2. The SMILES string of the molecule is C[C@@H](CCCCNC(=O)CCNC(=O)[C@H](CNC(=O)c1ccc2c(c1)B(O)OC2)NC(=O)c1cc(F)c2c(c1)B(O)OC2)C(=O)O. The number of benzene rings is 2. The fourth-order valence-corrected chi connectivity index (χ4v) is 4.95. The van der Waals surface area contributed by atoms with Gasteiger partial charge in [0.15, 0.2) is 0 Å². The van der Waals surface area contributed by atoms with Gasteiger partial charge in [-0.15, -0.1) is 0 Å². The Bertz CT molecular complexity index is 1500. The number of hydrogen-bond acceptors (Lipinski definition) is 9. The topological polar surface area (TPSA) is 213 Å². The summed E-state index contributed by atoms with van der Waals surface area (Å²) in [5, 5.41) is 39.1. The van der Waals surface area contributed by atoms with Gasteiger partial charge in [-0.2, -0.15) is 0 Å². The summed E-state index contributed by atoms with van der Waals surface area (Å²) < 4.78 is 24.7. The van der Waals surface area contributed by atoms with E-state index in [0.717, 1.165) is 11.6 Å². The number of carboxylic acid groups (broad SMARTS) is 1. The zero-order chi connectivity index (χ0) is 33.4. The molecule has 17 heteroatoms. The lowest BCUT2D eigenvalue weighted by molar-refractivity contribution is -0.141. The van der Waals surface area contributed by atoms with Gasteiger partial charge < -0.3 is 45.7 Å². The summed E-state index contributed by atoms with van der Waals surface area (Å²) in [5.41, 5.74) is 1.36. The third-order valence-electron chi connectivity index (χ3n) is 7.76. The summed E-state index contributed by atoms with van der Waals surface area (Å²) in [6.07, 6.45) is 1.61. The summed E-state index contributed by atoms with van der Waals surface area (Å²) in [4.78, 5) is 62.2. The van der Waals surface area contributed by atoms with Crippen LogP contribution >= 0.6 is 0 Å². The Morgan fingerprint density at radius 1 is 0.891 bits per heavy atom. The third-order valence-corrected chi connectivity index (χ3v) is 7.76. The highest BCUT2D eigenvalue weighted by atomic mass is 19.1. The molecular weight excluding hydrogens is 605 g/mol. The minimum absolute atomic E-state index is 0.0856. The van der Waals surface area contributed by atoms with Gasteiger partial charge in [0.05, 0.1) is 19.1 Å². The zero-order valence-electron chi connectivity index (χ0n) is 25.1. The first-order valence-electron chi connectivity index (χ1n) is 14.8. The Kier molecular flexibility index (Phi) is 11.9. The number of carbonyl (C=O) groups excluding carboxylic acids is 4. The first kappa shape index (κ1) is 34.6. The highest BCUT2D eigenvalue weighted by molar-refractivity contribution is 6.62. The van der Waals surface area contributed by atoms with E-state index in [2.05, 4.69) is 21.3 Å². The van der Waals surface area contributed by atoms with Crippen LogP contribution in [0.15, 0.2) is 30.3 Å². The van der Waals surface area contributed by atoms with Crippen LogP contribution in [0.5, 0.6) is 0 Å². The monoisotopic (exact) mass is 640 g/mol. The number of nitrogens with one attached hydrogen (secondary N) is 4. The fourth-order valence-electron chi connectivity index (χ4n) is 4.95. The molecule has 2 aromatic carbocycles. The van der Waals surface area contributed by atoms with Crippen molar-refractivity contribution in [2.45, 2.75) is 51.9 Å². The van der Waals surface area contributed by atoms with E-state index in [0.29, 0.717) is 31.3 Å². The average Bonchev–Trinajstić information content (AvgIpc) is 3.60. The smallest absolute Gasteiger partial charge is 0.481 e. The molecule has 2 heterocycles. The van der Waals surface area contributed by atoms with E-state index in [1.165, 1.54) is 18.2 Å². The first-order valence-corrected chi connectivity index (χ1v) is 14.8. The molecule has 2 atom stereocenters. The van der Waals surface area contributed by atoms with Gasteiger partial charge in [-0.3, -0.25) is 24.0 Å². The fraction of sp³-hybridized carbons (Fsp3) is 0.414. The first-order chi connectivity index (χ1) is 21.9. The maximum absolute atomic E-state index is 14.6. The van der Waals surface area contributed by atoms with Crippen LogP contribution < -0.4 is 32.2 Å². The molecule has 46 heavy (non-hydrogen) atoms. The highest BCUT2D eigenvalue weighted by Gasteiger charge is 2.32. The van der Waals surface area contributed by atoms with E-state index >= 15 is 0 Å². The van der Waals surface area contributed by atoms with Gasteiger partial charge in [0.25, 0.3) is 11.8 Å². The van der Waals surface area contributed by atoms with Crippen LogP contribution in [0.4, 0.5) is 4.39 Å². The normalized spacial score (nSPS) is 14.6. The molecule has 2 aromatic rings. The molecule has 14 nitrogen and oxygen atoms in total. The van der Waals surface area contributed by atoms with E-state index in [9.17, 15) is 38.4 Å². The van der Waals surface area contributed by atoms with Crippen molar-refractivity contribution < 1.29 is 52.8 Å². The molecule has 0 radical (unpaired) electrons. The van der Waals surface area contributed by atoms with Gasteiger partial charge >= 0.3 is 20.2 Å². The lowest BCUT2D eigenvalue weighted by Gasteiger charge is -2.20. The number of carbonyl (C=O) groups is 5. The summed E-state index contributed by atoms with van der Waals surface area (Å²) in [6.45, 7) is 1.51. The van der Waals surface area contributed by atoms with Crippen LogP contribution in [-0.2, 0) is 36.9 Å². The predicted octanol–water partition coefficient (Wildman–Crippen LogP) is -1.70. The molecule has 7 N–H and O–H groups in total. The van der Waals surface area contributed by atoms with E-state index in [-0.39, 0.29) is 60.8 Å². The lowest BCUT2D eigenvalue weighted by atomic mass is 9.78. The third kappa shape index (κ3) is 8.90. The van der Waals surface area contributed by atoms with E-state index in [1.807, 2.05) is 0 Å². The second-order valence-electron chi connectivity index (χ2n) is 11.1. The maximum Gasteiger partial charge on any atom is 0.491 e. The van der Waals surface area contributed by atoms with Crippen LogP contribution in [-0.4, -0.2) is 84.7 Å². The molecule has 4 amide bonds. The van der Waals surface area contributed by atoms with Crippen LogP contribution in [0.25, 0.3) is 0 Å². The quantitative estimate of drug-likeness (QED) is 0.0867. The van der Waals surface area contributed by atoms with Crippen LogP contribution in [0.1, 0.15) is 64.4 Å². The number of amides is 4. The van der Waals surface area contributed by atoms with Crippen LogP contribution in [0.3, 0.4) is 0 Å². The van der Waals surface area contributed by atoms with E-state index < -0.39 is 55.7 Å². The summed E-state index contributed by atoms with van der Waals surface area (Å²) in [5.74, 6) is -4.65. The van der Waals surface area contributed by atoms with Gasteiger partial charge in [-0.25, -0.2) is 4.39 Å². The highest BCUT2D eigenvalue weighted by Crippen LogP contribution is 2.16. The molecule has 0 fully saturated rings. The minimum Gasteiger partial charge on any atom is -0.481 e. The van der Waals surface area contributed by atoms with E-state index in [4.69, 9.17) is 14.4 Å². The molecule has 0 saturated heterocycles. The molecular formula is C29H35B2FN4O10. The van der Waals surface area contributed by atoms with E-state index in [1.54, 1.807) is 13.0 Å². The van der Waals surface area contributed by atoms with Crippen LogP contribution in [0, 0.1) is 11.7 Å². The summed E-state index contributed by atoms with van der Waals surface area (Å²) in [7, 11) is -2.58. The van der Waals surface area contributed by atoms with Gasteiger partial charge in [-0.05, 0) is 53.6 Å². The second-order valence-corrected chi connectivity index (χ2v) is 11.1.